The van der Waals surface area contributed by atoms with Crippen LogP contribution in [-0.2, 0) is 41.7 Å². The lowest BCUT2D eigenvalue weighted by Gasteiger charge is -2.26. The summed E-state index contributed by atoms with van der Waals surface area (Å²) >= 11 is 4.67. The SMILES string of the molecule is CCCC(S)(C(=O)OCC)c1ccc2ccccc2c1.O=P(O)(O)F.O=P(O)(O)F.O=P(O)(O)F.O=P(O)(O)F.O=P(O)(O)F.O=P(O)(O)F. The Balaban J connectivity index is -0.000000185. The summed E-state index contributed by atoms with van der Waals surface area (Å²) in [7, 11) is -30.8. The van der Waals surface area contributed by atoms with E-state index in [-0.39, 0.29) is 5.97 Å². The van der Waals surface area contributed by atoms with E-state index in [0.717, 1.165) is 22.8 Å². The summed E-state index contributed by atoms with van der Waals surface area (Å²) in [6.45, 7) is 4.24. The van der Waals surface area contributed by atoms with Gasteiger partial charge in [-0.2, -0.15) is 12.6 Å². The molecule has 50 heavy (non-hydrogen) atoms. The van der Waals surface area contributed by atoms with Gasteiger partial charge in [0.2, 0.25) is 0 Å². The highest BCUT2D eigenvalue weighted by molar-refractivity contribution is 7.82. The Hall–Kier alpha value is -1.00. The second-order valence-corrected chi connectivity index (χ2v) is 14.2. The van der Waals surface area contributed by atoms with Gasteiger partial charge in [0.1, 0.15) is 4.75 Å². The third-order valence-corrected chi connectivity index (χ3v) is 4.12. The van der Waals surface area contributed by atoms with Crippen molar-refractivity contribution in [2.75, 3.05) is 6.61 Å². The molecule has 0 fully saturated rings. The quantitative estimate of drug-likeness (QED) is 0.0842. The van der Waals surface area contributed by atoms with Gasteiger partial charge in [-0.3, -0.25) is 63.5 Å². The van der Waals surface area contributed by atoms with Crippen LogP contribution in [0.1, 0.15) is 32.3 Å². The molecule has 0 amide bonds. The normalized spacial score (nSPS) is 12.7. The fraction of sp³-hybridized carbons (Fsp3) is 0.353. The van der Waals surface area contributed by atoms with Crippen molar-refractivity contribution in [3.63, 3.8) is 0 Å². The van der Waals surface area contributed by atoms with Crippen molar-refractivity contribution in [2.45, 2.75) is 31.4 Å². The van der Waals surface area contributed by atoms with E-state index < -0.39 is 52.2 Å². The van der Waals surface area contributed by atoms with Crippen LogP contribution in [0.2, 0.25) is 0 Å². The minimum Gasteiger partial charge on any atom is -0.465 e. The van der Waals surface area contributed by atoms with E-state index in [1.165, 1.54) is 0 Å². The number of hydrogen-bond donors (Lipinski definition) is 13. The lowest BCUT2D eigenvalue weighted by molar-refractivity contribution is -0.146. The zero-order chi connectivity index (χ0) is 41.6. The molecule has 298 valence electrons. The van der Waals surface area contributed by atoms with Crippen molar-refractivity contribution in [1.29, 1.82) is 0 Å². The maximum Gasteiger partial charge on any atom is 0.507 e. The molecule has 33 heteroatoms. The van der Waals surface area contributed by atoms with Gasteiger partial charge < -0.3 is 4.74 Å². The smallest absolute Gasteiger partial charge is 0.465 e. The highest BCUT2D eigenvalue weighted by Crippen LogP contribution is 2.38. The summed E-state index contributed by atoms with van der Waals surface area (Å²) in [5, 5.41) is 2.27. The Bertz CT molecular complexity index is 1350. The van der Waals surface area contributed by atoms with Gasteiger partial charge in [-0.1, -0.05) is 49.7 Å². The predicted octanol–water partition coefficient (Wildman–Crippen LogP) is 4.62. The monoisotopic (exact) mass is 888 g/mol. The van der Waals surface area contributed by atoms with E-state index in [4.69, 9.17) is 90.8 Å². The first kappa shape index (κ1) is 58.3. The Kier molecular flexibility index (Phi) is 30.2. The summed E-state index contributed by atoms with van der Waals surface area (Å²) in [5.41, 5.74) is 0.903. The third kappa shape index (κ3) is 68.9. The second-order valence-electron chi connectivity index (χ2n) is 7.73. The molecule has 0 heterocycles. The van der Waals surface area contributed by atoms with E-state index in [9.17, 15) is 30.0 Å². The van der Waals surface area contributed by atoms with Gasteiger partial charge in [0.05, 0.1) is 6.61 Å². The number of halogens is 6. The van der Waals surface area contributed by atoms with E-state index in [2.05, 4.69) is 18.7 Å². The minimum atomic E-state index is -5.14. The topological polar surface area (TPSA) is 371 Å². The molecule has 0 aliphatic carbocycles. The van der Waals surface area contributed by atoms with Gasteiger partial charge in [-0.25, -0.2) is 27.4 Å². The molecule has 0 aliphatic rings. The molecule has 0 bridgehead atoms. The molecule has 2 rings (SSSR count). The van der Waals surface area contributed by atoms with Crippen molar-refractivity contribution in [3.05, 3.63) is 48.0 Å². The molecule has 20 nitrogen and oxygen atoms in total. The van der Waals surface area contributed by atoms with Crippen molar-refractivity contribution in [2.24, 2.45) is 0 Å². The van der Waals surface area contributed by atoms with Crippen LogP contribution in [0.25, 0.3) is 10.8 Å². The first-order valence-electron chi connectivity index (χ1n) is 11.5. The van der Waals surface area contributed by atoms with E-state index in [0.29, 0.717) is 13.0 Å². The Morgan fingerprint density at radius 2 is 0.880 bits per heavy atom. The number of fused-ring (bicyclic) bond motifs is 1. The lowest BCUT2D eigenvalue weighted by atomic mass is 9.91. The molecule has 2 aromatic carbocycles. The van der Waals surface area contributed by atoms with Crippen LogP contribution in [0.15, 0.2) is 42.5 Å². The molecule has 0 aliphatic heterocycles. The Morgan fingerprint density at radius 3 is 1.14 bits per heavy atom. The highest BCUT2D eigenvalue weighted by atomic mass is 32.1. The maximum absolute atomic E-state index is 12.3. The number of thiol groups is 1. The molecular formula is C17H32F6O20P6S. The number of benzene rings is 2. The van der Waals surface area contributed by atoms with Gasteiger partial charge >= 0.3 is 53.4 Å². The van der Waals surface area contributed by atoms with Gasteiger partial charge in [-0.15, -0.1) is 25.2 Å². The zero-order valence-corrected chi connectivity index (χ0v) is 31.0. The van der Waals surface area contributed by atoms with E-state index >= 15 is 0 Å². The van der Waals surface area contributed by atoms with Gasteiger partial charge in [0.25, 0.3) is 0 Å². The fourth-order valence-electron chi connectivity index (χ4n) is 2.42. The predicted molar refractivity (Wildman–Crippen MR) is 165 cm³/mol. The number of esters is 1. The molecular weight excluding hydrogens is 856 g/mol. The van der Waals surface area contributed by atoms with Crippen molar-refractivity contribution < 1.29 is 121 Å². The van der Waals surface area contributed by atoms with Crippen LogP contribution in [0.4, 0.5) is 25.2 Å². The van der Waals surface area contributed by atoms with Crippen LogP contribution in [0.5, 0.6) is 0 Å². The van der Waals surface area contributed by atoms with E-state index in [1.54, 1.807) is 0 Å². The molecule has 1 atom stereocenters. The summed E-state index contributed by atoms with van der Waals surface area (Å²) in [5.74, 6) is -0.263. The molecule has 0 spiro atoms. The maximum atomic E-state index is 12.3. The first-order chi connectivity index (χ1) is 21.6. The fourth-order valence-corrected chi connectivity index (χ4v) is 2.85. The lowest BCUT2D eigenvalue weighted by Crippen LogP contribution is -2.32. The third-order valence-electron chi connectivity index (χ3n) is 3.45. The van der Waals surface area contributed by atoms with Crippen molar-refractivity contribution in [1.82, 2.24) is 0 Å². The molecule has 0 saturated heterocycles. The summed E-state index contributed by atoms with van der Waals surface area (Å²) in [4.78, 5) is 95.9. The summed E-state index contributed by atoms with van der Waals surface area (Å²) in [6, 6.07) is 14.2. The zero-order valence-electron chi connectivity index (χ0n) is 24.7. The number of carbonyl (C=O) groups is 1. The van der Waals surface area contributed by atoms with Crippen molar-refractivity contribution >= 4 is 76.8 Å². The van der Waals surface area contributed by atoms with E-state index in [1.807, 2.05) is 50.2 Å². The average molecular weight is 888 g/mol. The summed E-state index contributed by atoms with van der Waals surface area (Å²) < 4.78 is 118. The Morgan fingerprint density at radius 1 is 0.600 bits per heavy atom. The molecule has 0 radical (unpaired) electrons. The average Bonchev–Trinajstić information content (AvgIpc) is 2.77. The number of ether oxygens (including phenoxy) is 1. The van der Waals surface area contributed by atoms with Crippen molar-refractivity contribution in [3.8, 4) is 0 Å². The van der Waals surface area contributed by atoms with Crippen LogP contribution in [0.3, 0.4) is 0 Å². The standard InChI is InChI=1S/C17H20O2S.6FH2O3P/c1-3-11-17(20,16(18)19-4-2)15-10-9-13-7-5-6-8-14(13)12-15;6*1-5(2,3)4/h5-10,12,20H,3-4,11H2,1-2H3;6*(H2,2,3,4). The highest BCUT2D eigenvalue weighted by Gasteiger charge is 2.37. The number of carbonyl (C=O) groups excluding carboxylic acids is 1. The van der Waals surface area contributed by atoms with Gasteiger partial charge in [-0.05, 0) is 35.7 Å². The largest absolute Gasteiger partial charge is 0.507 e. The minimum absolute atomic E-state index is 0.263. The van der Waals surface area contributed by atoms with Crippen LogP contribution >= 0.6 is 60.1 Å². The first-order valence-corrected chi connectivity index (χ1v) is 21.0. The van der Waals surface area contributed by atoms with Crippen LogP contribution in [0, 0.1) is 0 Å². The molecule has 0 saturated carbocycles. The van der Waals surface area contributed by atoms with Gasteiger partial charge in [0, 0.05) is 0 Å². The molecule has 2 aromatic rings. The molecule has 12 N–H and O–H groups in total. The van der Waals surface area contributed by atoms with Crippen LogP contribution < -0.4 is 0 Å². The molecule has 0 aromatic heterocycles. The number of hydrogen-bond acceptors (Lipinski definition) is 9. The summed E-state index contributed by atoms with van der Waals surface area (Å²) in [6.07, 6.45) is 1.53. The second kappa shape index (κ2) is 25.9. The Labute approximate surface area is 283 Å². The number of rotatable bonds is 5. The van der Waals surface area contributed by atoms with Gasteiger partial charge in [0.15, 0.2) is 0 Å². The molecule has 1 unspecified atom stereocenters. The van der Waals surface area contributed by atoms with Crippen LogP contribution in [-0.4, -0.2) is 71.3 Å².